The maximum Gasteiger partial charge on any atom is 0.492 e. The Bertz CT molecular complexity index is 7500. The molecule has 0 saturated heterocycles. The van der Waals surface area contributed by atoms with Gasteiger partial charge in [0.15, 0.2) is 51.6 Å². The maximum atomic E-state index is 14.6. The number of aryl methyl sites for hydroxylation is 3. The molecule has 0 amide bonds. The van der Waals surface area contributed by atoms with Crippen LogP contribution in [0.4, 0.5) is 35.1 Å². The molecule has 7 aromatic carbocycles. The van der Waals surface area contributed by atoms with E-state index in [4.69, 9.17) is 41.2 Å². The molecule has 0 aliphatic carbocycles. The lowest BCUT2D eigenvalue weighted by Crippen LogP contribution is -2.32. The monoisotopic (exact) mass is 2000 g/mol. The number of ether oxygens (including phenoxy) is 3. The first-order valence-electron chi connectivity index (χ1n) is 37.8. The van der Waals surface area contributed by atoms with Crippen molar-refractivity contribution in [2.45, 2.75) is 42.1 Å². The number of aromatic nitrogens is 8. The van der Waals surface area contributed by atoms with E-state index in [2.05, 4.69) is 52.2 Å². The predicted octanol–water partition coefficient (Wildman–Crippen LogP) is 18.4. The fourth-order valence-electron chi connectivity index (χ4n) is 13.6. The summed E-state index contributed by atoms with van der Waals surface area (Å²) in [6.45, 7) is 4.94. The van der Waals surface area contributed by atoms with Gasteiger partial charge in [0.25, 0.3) is 30.1 Å². The predicted molar refractivity (Wildman–Crippen MR) is 493 cm³/mol. The molecule has 0 fully saturated rings. The number of benzene rings is 7. The number of aromatic amines is 1. The largest absolute Gasteiger partial charge is 0.494 e. The fourth-order valence-corrected chi connectivity index (χ4v) is 20.9. The molecule has 660 valence electrons. The minimum atomic E-state index is -4.07. The van der Waals surface area contributed by atoms with Crippen LogP contribution in [-0.4, -0.2) is 123 Å². The zero-order valence-electron chi connectivity index (χ0n) is 67.9. The number of thiophene rings is 3. The number of aliphatic hydroxyl groups is 1. The van der Waals surface area contributed by atoms with E-state index in [1.165, 1.54) is 102 Å². The van der Waals surface area contributed by atoms with E-state index in [1.807, 2.05) is 60.5 Å². The van der Waals surface area contributed by atoms with Crippen molar-refractivity contribution in [2.24, 2.45) is 0 Å². The van der Waals surface area contributed by atoms with Gasteiger partial charge < -0.3 is 44.4 Å². The van der Waals surface area contributed by atoms with Crippen LogP contribution >= 0.6 is 68.2 Å². The van der Waals surface area contributed by atoms with Crippen molar-refractivity contribution in [1.82, 2.24) is 36.8 Å². The summed E-state index contributed by atoms with van der Waals surface area (Å²) in [6.07, 6.45) is 12.0. The Morgan fingerprint density at radius 1 is 0.434 bits per heavy atom. The molecule has 0 bridgehead atoms. The van der Waals surface area contributed by atoms with E-state index in [-0.39, 0.29) is 76.5 Å². The Labute approximate surface area is 763 Å². The highest BCUT2D eigenvalue weighted by Crippen LogP contribution is 2.46. The summed E-state index contributed by atoms with van der Waals surface area (Å²) >= 11 is 12.7. The molecule has 0 unspecified atom stereocenters. The molecule has 0 atom stereocenters. The highest BCUT2D eigenvalue weighted by atomic mass is 127. The number of aliphatic hydroxyl groups excluding tert-OH is 1. The van der Waals surface area contributed by atoms with Gasteiger partial charge in [-0.15, -0.1) is 0 Å². The van der Waals surface area contributed by atoms with Gasteiger partial charge in [0.05, 0.1) is 53.0 Å². The number of pyridine rings is 4. The minimum Gasteiger partial charge on any atom is -0.494 e. The van der Waals surface area contributed by atoms with Crippen LogP contribution in [0.5, 0.6) is 17.2 Å². The molecular formula is C89H68B2ClF8IN8O14S6. The summed E-state index contributed by atoms with van der Waals surface area (Å²) in [4.78, 5) is 20.4. The fraction of sp³-hybridized carbons (Fsp3) is 0.0787. The molecule has 6 N–H and O–H groups in total. The summed E-state index contributed by atoms with van der Waals surface area (Å²) in [5.74, 6) is -7.22. The van der Waals surface area contributed by atoms with Crippen molar-refractivity contribution in [3.63, 3.8) is 0 Å². The topological polar surface area (TPSA) is 313 Å². The second-order valence-electron chi connectivity index (χ2n) is 28.0. The van der Waals surface area contributed by atoms with Gasteiger partial charge in [-0.05, 0) is 212 Å². The molecule has 0 spiro atoms. The van der Waals surface area contributed by atoms with Crippen molar-refractivity contribution < 1.29 is 99.8 Å². The first-order chi connectivity index (χ1) is 61.6. The van der Waals surface area contributed by atoms with Crippen molar-refractivity contribution in [3.8, 4) is 72.9 Å². The van der Waals surface area contributed by atoms with Gasteiger partial charge >= 0.3 is 14.2 Å². The highest BCUT2D eigenvalue weighted by Gasteiger charge is 2.31. The number of hydrogen-bond donors (Lipinski definition) is 6. The third kappa shape index (κ3) is 20.2. The van der Waals surface area contributed by atoms with E-state index in [1.54, 1.807) is 120 Å². The second kappa shape index (κ2) is 40.4. The molecule has 22 nitrogen and oxygen atoms in total. The average molecular weight is 2000 g/mol. The molecule has 11 aromatic heterocycles. The number of rotatable bonds is 17. The SMILES string of the molecule is COc1c(F)cc(F)cc1-c1c[nH]c2nccc(-c3ccsc3)c12.COc1c(F)cc(F)cc1-c1cn(S(=O)(=O)c2ccc(C)cc2)c2nccc(-c3ccsc3)c12.COc1c(F)cc(F)cc1B(O)O.Cc1ccc(S(=O)(=O)n2cc(-c3cc(F)cc(F)c3CO)c3cccnc32)cc1.Cc1ccc(S(=O)(=O)n2cc(I)c3c(Cl)ccnc32)cc1.OB(O)c1ccsc1. The maximum absolute atomic E-state index is 14.6. The summed E-state index contributed by atoms with van der Waals surface area (Å²) in [7, 11) is -11.2. The molecule has 11 heterocycles. The number of H-pyrrole nitrogens is 1. The van der Waals surface area contributed by atoms with Gasteiger partial charge in [-0.2, -0.15) is 34.0 Å². The van der Waals surface area contributed by atoms with Crippen LogP contribution in [0.1, 0.15) is 22.3 Å². The number of nitrogens with zero attached hydrogens (tertiary/aromatic N) is 7. The number of nitrogens with one attached hydrogen (secondary N) is 1. The van der Waals surface area contributed by atoms with E-state index < -0.39 is 97.5 Å². The zero-order valence-corrected chi connectivity index (χ0v) is 75.7. The van der Waals surface area contributed by atoms with Crippen molar-refractivity contribution in [3.05, 3.63) is 329 Å². The molecule has 129 heavy (non-hydrogen) atoms. The first kappa shape index (κ1) is 94.6. The molecule has 40 heteroatoms. The third-order valence-corrected chi connectivity index (χ3v) is 27.9. The third-order valence-electron chi connectivity index (χ3n) is 19.7. The first-order valence-corrected chi connectivity index (χ1v) is 46.4. The summed E-state index contributed by atoms with van der Waals surface area (Å²) in [6, 6.07) is 40.6. The van der Waals surface area contributed by atoms with E-state index in [9.17, 15) is 65.5 Å². The molecule has 18 aromatic rings. The van der Waals surface area contributed by atoms with Crippen LogP contribution < -0.4 is 25.1 Å². The van der Waals surface area contributed by atoms with Crippen LogP contribution in [0.2, 0.25) is 5.02 Å². The molecule has 0 saturated carbocycles. The number of hydrogen-bond acceptors (Lipinski definition) is 21. The lowest BCUT2D eigenvalue weighted by atomic mass is 9.79. The smallest absolute Gasteiger partial charge is 0.492 e. The molecule has 0 radical (unpaired) electrons. The van der Waals surface area contributed by atoms with Gasteiger partial charge in [-0.3, -0.25) is 0 Å². The molecule has 18 rings (SSSR count). The normalized spacial score (nSPS) is 11.4. The molecule has 0 aliphatic rings. The van der Waals surface area contributed by atoms with Gasteiger partial charge in [0.1, 0.15) is 34.7 Å². The summed E-state index contributed by atoms with van der Waals surface area (Å²) in [5, 5.41) is 58.1. The highest BCUT2D eigenvalue weighted by molar-refractivity contribution is 14.1. The Morgan fingerprint density at radius 2 is 0.860 bits per heavy atom. The Morgan fingerprint density at radius 3 is 1.33 bits per heavy atom. The van der Waals surface area contributed by atoms with Crippen LogP contribution in [0.15, 0.2) is 266 Å². The van der Waals surface area contributed by atoms with Gasteiger partial charge in [-0.1, -0.05) is 70.8 Å². The van der Waals surface area contributed by atoms with Gasteiger partial charge in [0.2, 0.25) is 0 Å². The van der Waals surface area contributed by atoms with Gasteiger partial charge in [0, 0.05) is 132 Å². The van der Waals surface area contributed by atoms with Crippen LogP contribution in [0, 0.1) is 70.9 Å². The Hall–Kier alpha value is -12.0. The summed E-state index contributed by atoms with van der Waals surface area (Å²) < 4.78 is 209. The van der Waals surface area contributed by atoms with Crippen LogP contribution in [0.25, 0.3) is 99.8 Å². The Balaban J connectivity index is 0.000000138. The van der Waals surface area contributed by atoms with Crippen molar-refractivity contribution in [2.75, 3.05) is 21.3 Å². The lowest BCUT2D eigenvalue weighted by Gasteiger charge is -2.10. The summed E-state index contributed by atoms with van der Waals surface area (Å²) in [5.41, 5.74) is 9.39. The van der Waals surface area contributed by atoms with Crippen LogP contribution in [-0.2, 0) is 36.7 Å². The number of halogens is 10. The van der Waals surface area contributed by atoms with Gasteiger partial charge in [-0.25, -0.2) is 92.2 Å². The number of methoxy groups -OCH3 is 3. The second-order valence-corrected chi connectivity index (χ2v) is 37.3. The standard InChI is InChI=1S/C25H18F2N2O3S2.C21H16F2N2O3S.C18H12F2N2OS.C14H10ClIN2O2S.C7H7BF2O3.C4H5BO2S/c1-15-3-5-18(6-4-15)34(30,31)29-13-21(20-11-17(26)12-22(27)24(20)32-2)23-19(7-9-28-25(23)29)16-8-10-33-14-16;1-13-4-6-15(7-5-13)29(27,28)25-11-18(16-3-2-8-24-21(16)25)17-9-14(22)10-20(23)19(17)12-26;1-23-17-13(6-11(19)7-15(17)20)14-8-22-18-16(14)12(2-4-21-18)10-3-5-24-9-10;1-9-2-4-10(5-3-9)21(19,20)18-8-12(16)13-11(15)6-7-17-14(13)18;1-13-7-5(8(11)12)2-4(9)3-6(7)10;6-5(7)4-1-2-8-3-4/h3-14H,1-2H3;2-11,26H,12H2,1H3;2-9H,1H3,(H,21,22);2-8H,1H3;2-3,11-12H,1H3;1-3,6-7H. The lowest BCUT2D eigenvalue weighted by molar-refractivity contribution is 0.276. The minimum absolute atomic E-state index is 0.0115. The van der Waals surface area contributed by atoms with Crippen LogP contribution in [0.3, 0.4) is 0 Å². The zero-order chi connectivity index (χ0) is 92.7. The molecule has 0 aliphatic heterocycles. The number of fused-ring (bicyclic) bond motifs is 4. The molecular weight excluding hydrogens is 1930 g/mol. The quantitative estimate of drug-likeness (QED) is 0.0280. The Kier molecular flexibility index (Phi) is 29.6. The van der Waals surface area contributed by atoms with E-state index in [0.717, 1.165) is 87.7 Å². The average Bonchev–Trinajstić information content (AvgIpc) is 1.32. The van der Waals surface area contributed by atoms with E-state index in [0.29, 0.717) is 66.8 Å². The van der Waals surface area contributed by atoms with Crippen molar-refractivity contribution in [1.29, 1.82) is 0 Å². The van der Waals surface area contributed by atoms with Crippen molar-refractivity contribution >= 4 is 168 Å². The van der Waals surface area contributed by atoms with E-state index >= 15 is 0 Å².